The molecular weight excluding hydrogens is 436 g/mol. The molecule has 0 aliphatic carbocycles. The van der Waals surface area contributed by atoms with E-state index in [1.54, 1.807) is 23.3 Å². The Morgan fingerprint density at radius 1 is 1.06 bits per heavy atom. The fraction of sp³-hybridized carbons (Fsp3) is 0.320. The maximum Gasteiger partial charge on any atom is 0.183 e. The Balaban J connectivity index is 1.46. The predicted molar refractivity (Wildman–Crippen MR) is 136 cm³/mol. The molecule has 0 saturated heterocycles. The van der Waals surface area contributed by atoms with Crippen molar-refractivity contribution in [1.29, 1.82) is 0 Å². The van der Waals surface area contributed by atoms with Gasteiger partial charge in [0.15, 0.2) is 5.13 Å². The summed E-state index contributed by atoms with van der Waals surface area (Å²) in [5.41, 5.74) is 4.13. The van der Waals surface area contributed by atoms with Gasteiger partial charge in [-0.15, -0.1) is 0 Å². The molecule has 0 unspecified atom stereocenters. The van der Waals surface area contributed by atoms with Crippen LogP contribution < -0.4 is 10.6 Å². The molecule has 0 amide bonds. The maximum absolute atomic E-state index is 9.78. The van der Waals surface area contributed by atoms with Crippen LogP contribution in [0, 0.1) is 0 Å². The molecular formula is C25H30N4OS2. The number of aromatic nitrogens is 1. The molecule has 7 heteroatoms. The third-order valence-electron chi connectivity index (χ3n) is 5.17. The highest BCUT2D eigenvalue weighted by Gasteiger charge is 2.27. The van der Waals surface area contributed by atoms with Crippen molar-refractivity contribution in [3.63, 3.8) is 0 Å². The molecule has 0 fully saturated rings. The number of rotatable bonds is 10. The molecule has 2 heterocycles. The van der Waals surface area contributed by atoms with Crippen LogP contribution in [0.25, 0.3) is 5.70 Å². The van der Waals surface area contributed by atoms with Gasteiger partial charge in [-0.25, -0.2) is 4.98 Å². The number of aliphatic hydroxyl groups excluding tert-OH is 1. The van der Waals surface area contributed by atoms with E-state index in [4.69, 9.17) is 4.98 Å². The normalized spacial score (nSPS) is 13.5. The molecule has 5 nitrogen and oxygen atoms in total. The monoisotopic (exact) mass is 466 g/mol. The number of benzene rings is 2. The number of hydrogen-bond acceptors (Lipinski definition) is 7. The first-order valence-corrected chi connectivity index (χ1v) is 12.6. The molecule has 0 radical (unpaired) electrons. The summed E-state index contributed by atoms with van der Waals surface area (Å²) in [6.45, 7) is 5.69. The van der Waals surface area contributed by atoms with E-state index in [-0.39, 0.29) is 6.61 Å². The number of anilines is 1. The number of nitrogens with zero attached hydrogens (tertiary/aromatic N) is 2. The summed E-state index contributed by atoms with van der Waals surface area (Å²) < 4.78 is 2.26. The second-order valence-corrected chi connectivity index (χ2v) is 10.6. The van der Waals surface area contributed by atoms with Gasteiger partial charge >= 0.3 is 0 Å². The summed E-state index contributed by atoms with van der Waals surface area (Å²) in [6, 6.07) is 21.0. The van der Waals surface area contributed by atoms with Crippen molar-refractivity contribution < 1.29 is 5.11 Å². The number of nitrogens with one attached hydrogen (secondary N) is 2. The van der Waals surface area contributed by atoms with E-state index < -0.39 is 5.54 Å². The van der Waals surface area contributed by atoms with Crippen molar-refractivity contribution in [2.24, 2.45) is 0 Å². The topological polar surface area (TPSA) is 60.4 Å². The SMILES string of the molecule is CC(C)(CO)NC1=CN(SCc2ccccc2)Cc2sc(NCCc3ccccc3)nc21. The number of hydrogen-bond donors (Lipinski definition) is 3. The molecule has 4 rings (SSSR count). The Kier molecular flexibility index (Phi) is 7.40. The third kappa shape index (κ3) is 6.06. The van der Waals surface area contributed by atoms with Gasteiger partial charge < -0.3 is 20.0 Å². The molecule has 3 aromatic rings. The molecule has 1 aliphatic rings. The summed E-state index contributed by atoms with van der Waals surface area (Å²) in [4.78, 5) is 6.12. The smallest absolute Gasteiger partial charge is 0.183 e. The van der Waals surface area contributed by atoms with Gasteiger partial charge in [0.2, 0.25) is 0 Å². The second-order valence-electron chi connectivity index (χ2n) is 8.50. The second kappa shape index (κ2) is 10.4. The van der Waals surface area contributed by atoms with E-state index in [1.807, 2.05) is 26.0 Å². The van der Waals surface area contributed by atoms with Gasteiger partial charge in [-0.2, -0.15) is 0 Å². The van der Waals surface area contributed by atoms with Crippen molar-refractivity contribution in [1.82, 2.24) is 14.6 Å². The van der Waals surface area contributed by atoms with Crippen molar-refractivity contribution >= 4 is 34.1 Å². The molecule has 3 N–H and O–H groups in total. The largest absolute Gasteiger partial charge is 0.394 e. The number of fused-ring (bicyclic) bond motifs is 1. The molecule has 2 aromatic carbocycles. The van der Waals surface area contributed by atoms with Crippen LogP contribution in [-0.4, -0.2) is 33.1 Å². The minimum absolute atomic E-state index is 0.0448. The molecule has 32 heavy (non-hydrogen) atoms. The quantitative estimate of drug-likeness (QED) is 0.361. The Labute approximate surface area is 198 Å². The van der Waals surface area contributed by atoms with Crippen LogP contribution in [0.1, 0.15) is 35.5 Å². The predicted octanol–water partition coefficient (Wildman–Crippen LogP) is 5.12. The highest BCUT2D eigenvalue weighted by Crippen LogP contribution is 2.36. The molecule has 0 saturated carbocycles. The van der Waals surface area contributed by atoms with Crippen molar-refractivity contribution in [3.8, 4) is 0 Å². The van der Waals surface area contributed by atoms with Gasteiger partial charge in [0.25, 0.3) is 0 Å². The van der Waals surface area contributed by atoms with Gasteiger partial charge in [-0.05, 0) is 43.3 Å². The fourth-order valence-electron chi connectivity index (χ4n) is 3.41. The third-order valence-corrected chi connectivity index (χ3v) is 7.19. The molecule has 0 spiro atoms. The van der Waals surface area contributed by atoms with E-state index in [1.165, 1.54) is 16.0 Å². The Morgan fingerprint density at radius 2 is 1.75 bits per heavy atom. The molecule has 168 valence electrons. The van der Waals surface area contributed by atoms with Crippen LogP contribution in [-0.2, 0) is 18.7 Å². The lowest BCUT2D eigenvalue weighted by atomic mass is 10.1. The summed E-state index contributed by atoms with van der Waals surface area (Å²) >= 11 is 3.50. The van der Waals surface area contributed by atoms with Gasteiger partial charge in [0.05, 0.1) is 29.3 Å². The van der Waals surface area contributed by atoms with Gasteiger partial charge in [0.1, 0.15) is 5.69 Å². The first-order chi connectivity index (χ1) is 15.5. The van der Waals surface area contributed by atoms with Gasteiger partial charge in [-0.1, -0.05) is 72.0 Å². The first kappa shape index (κ1) is 22.7. The van der Waals surface area contributed by atoms with Crippen molar-refractivity contribution in [2.45, 2.75) is 38.1 Å². The lowest BCUT2D eigenvalue weighted by Crippen LogP contribution is -2.42. The van der Waals surface area contributed by atoms with E-state index in [0.29, 0.717) is 0 Å². The zero-order chi connectivity index (χ0) is 22.4. The molecule has 1 aliphatic heterocycles. The van der Waals surface area contributed by atoms with Crippen LogP contribution in [0.2, 0.25) is 0 Å². The molecule has 0 bridgehead atoms. The Morgan fingerprint density at radius 3 is 2.44 bits per heavy atom. The molecule has 1 aromatic heterocycles. The van der Waals surface area contributed by atoms with Crippen LogP contribution in [0.3, 0.4) is 0 Å². The average molecular weight is 467 g/mol. The van der Waals surface area contributed by atoms with E-state index in [2.05, 4.69) is 69.7 Å². The van der Waals surface area contributed by atoms with Gasteiger partial charge in [0, 0.05) is 18.5 Å². The number of aliphatic hydroxyl groups is 1. The summed E-state index contributed by atoms with van der Waals surface area (Å²) in [6.07, 6.45) is 3.09. The van der Waals surface area contributed by atoms with E-state index in [9.17, 15) is 5.11 Å². The lowest BCUT2D eigenvalue weighted by molar-refractivity contribution is 0.203. The fourth-order valence-corrected chi connectivity index (χ4v) is 5.40. The lowest BCUT2D eigenvalue weighted by Gasteiger charge is -2.31. The summed E-state index contributed by atoms with van der Waals surface area (Å²) in [7, 11) is 0. The van der Waals surface area contributed by atoms with Crippen LogP contribution in [0.4, 0.5) is 5.13 Å². The highest BCUT2D eigenvalue weighted by atomic mass is 32.2. The first-order valence-electron chi connectivity index (χ1n) is 10.8. The maximum atomic E-state index is 9.78. The Hall–Kier alpha value is -2.48. The van der Waals surface area contributed by atoms with Crippen molar-refractivity contribution in [3.05, 3.63) is 88.6 Å². The number of thiazole rings is 1. The zero-order valence-corrected chi connectivity index (χ0v) is 20.2. The van der Waals surface area contributed by atoms with E-state index >= 15 is 0 Å². The average Bonchev–Trinajstić information content (AvgIpc) is 3.22. The standard InChI is InChI=1S/C25H30N4OS2/c1-25(2,18-30)28-21-15-29(31-17-20-11-7-4-8-12-20)16-22-23(21)27-24(32-22)26-14-13-19-9-5-3-6-10-19/h3-12,15,28,30H,13-14,16-18H2,1-2H3,(H,26,27). The van der Waals surface area contributed by atoms with Crippen molar-refractivity contribution in [2.75, 3.05) is 18.5 Å². The van der Waals surface area contributed by atoms with Crippen LogP contribution in [0.15, 0.2) is 66.9 Å². The van der Waals surface area contributed by atoms with Gasteiger partial charge in [-0.3, -0.25) is 0 Å². The highest BCUT2D eigenvalue weighted by molar-refractivity contribution is 7.96. The Bertz CT molecular complexity index is 1030. The van der Waals surface area contributed by atoms with Crippen LogP contribution >= 0.6 is 23.3 Å². The minimum Gasteiger partial charge on any atom is -0.394 e. The minimum atomic E-state index is -0.430. The van der Waals surface area contributed by atoms with Crippen LogP contribution in [0.5, 0.6) is 0 Å². The molecule has 0 atom stereocenters. The summed E-state index contributed by atoms with van der Waals surface area (Å²) in [5.74, 6) is 0.907. The van der Waals surface area contributed by atoms with E-state index in [0.717, 1.165) is 41.8 Å². The zero-order valence-electron chi connectivity index (χ0n) is 18.5. The summed E-state index contributed by atoms with van der Waals surface area (Å²) in [5, 5.41) is 17.7.